The van der Waals surface area contributed by atoms with E-state index < -0.39 is 11.7 Å². The minimum Gasteiger partial charge on any atom is -0.444 e. The lowest BCUT2D eigenvalue weighted by atomic mass is 10.1. The van der Waals surface area contributed by atoms with Gasteiger partial charge in [-0.3, -0.25) is 4.79 Å². The molecule has 1 amide bonds. The van der Waals surface area contributed by atoms with Crippen LogP contribution in [-0.4, -0.2) is 36.0 Å². The molecule has 1 fully saturated rings. The van der Waals surface area contributed by atoms with Gasteiger partial charge in [0.2, 0.25) is 0 Å². The van der Waals surface area contributed by atoms with Crippen LogP contribution < -0.4 is 0 Å². The maximum absolute atomic E-state index is 11.8. The molecule has 0 N–H and O–H groups in total. The number of Topliss-reactive ketones (excluding diaryl/α,β-unsaturated/α-hetero) is 1. The van der Waals surface area contributed by atoms with Crippen molar-refractivity contribution in [1.29, 1.82) is 0 Å². The Morgan fingerprint density at radius 3 is 2.33 bits per heavy atom. The number of likely N-dealkylation sites (N-methyl/N-ethyl adjacent to an activating group) is 1. The number of nitrogens with zero attached hydrogens (tertiary/aromatic N) is 1. The zero-order chi connectivity index (χ0) is 13.9. The van der Waals surface area contributed by atoms with Gasteiger partial charge in [0.05, 0.1) is 6.54 Å². The standard InChI is InChI=1S/C14H25NO3/c1-6-10-7-11(10)8-12(16)9-15(5)13(17)18-14(2,3)4/h10-11H,6-9H2,1-5H3. The molecule has 1 rings (SSSR count). The van der Waals surface area contributed by atoms with E-state index in [2.05, 4.69) is 6.92 Å². The molecule has 2 atom stereocenters. The van der Waals surface area contributed by atoms with Crippen LogP contribution in [0.25, 0.3) is 0 Å². The molecule has 0 aromatic rings. The molecule has 0 aliphatic heterocycles. The summed E-state index contributed by atoms with van der Waals surface area (Å²) in [5.74, 6) is 1.40. The SMILES string of the molecule is CCC1CC1CC(=O)CN(C)C(=O)OC(C)(C)C. The second-order valence-corrected chi connectivity index (χ2v) is 6.24. The Bertz CT molecular complexity index is 319. The first-order valence-corrected chi connectivity index (χ1v) is 6.68. The number of rotatable bonds is 5. The zero-order valence-corrected chi connectivity index (χ0v) is 12.2. The van der Waals surface area contributed by atoms with Crippen LogP contribution in [0.4, 0.5) is 4.79 Å². The van der Waals surface area contributed by atoms with Crippen LogP contribution in [0.1, 0.15) is 47.0 Å². The molecule has 0 aromatic heterocycles. The predicted octanol–water partition coefficient (Wildman–Crippen LogP) is 2.86. The number of amides is 1. The van der Waals surface area contributed by atoms with E-state index in [1.54, 1.807) is 7.05 Å². The highest BCUT2D eigenvalue weighted by molar-refractivity contribution is 5.84. The summed E-state index contributed by atoms with van der Waals surface area (Å²) in [5.41, 5.74) is -0.516. The Kier molecular flexibility index (Phi) is 4.77. The Labute approximate surface area is 110 Å². The number of carbonyl (C=O) groups excluding carboxylic acids is 2. The quantitative estimate of drug-likeness (QED) is 0.759. The first-order chi connectivity index (χ1) is 8.23. The van der Waals surface area contributed by atoms with E-state index >= 15 is 0 Å². The van der Waals surface area contributed by atoms with Crippen LogP contribution in [0.15, 0.2) is 0 Å². The van der Waals surface area contributed by atoms with Crippen molar-refractivity contribution in [3.8, 4) is 0 Å². The summed E-state index contributed by atoms with van der Waals surface area (Å²) >= 11 is 0. The summed E-state index contributed by atoms with van der Waals surface area (Å²) in [4.78, 5) is 24.8. The number of ether oxygens (including phenoxy) is 1. The first kappa shape index (κ1) is 15.0. The molecule has 0 saturated heterocycles. The van der Waals surface area contributed by atoms with E-state index in [1.807, 2.05) is 20.8 Å². The summed E-state index contributed by atoms with van der Waals surface area (Å²) in [6.07, 6.45) is 2.49. The van der Waals surface area contributed by atoms with E-state index in [4.69, 9.17) is 4.74 Å². The Balaban J connectivity index is 2.29. The monoisotopic (exact) mass is 255 g/mol. The fraction of sp³-hybridized carbons (Fsp3) is 0.857. The molecule has 0 bridgehead atoms. The summed E-state index contributed by atoms with van der Waals surface area (Å²) in [6, 6.07) is 0. The van der Waals surface area contributed by atoms with Crippen LogP contribution >= 0.6 is 0 Å². The summed E-state index contributed by atoms with van der Waals surface area (Å²) in [6.45, 7) is 7.76. The molecule has 18 heavy (non-hydrogen) atoms. The molecule has 0 spiro atoms. The molecule has 104 valence electrons. The van der Waals surface area contributed by atoms with Crippen LogP contribution in [0.5, 0.6) is 0 Å². The van der Waals surface area contributed by atoms with E-state index in [-0.39, 0.29) is 12.3 Å². The average Bonchev–Trinajstić information content (AvgIpc) is 2.93. The molecule has 0 radical (unpaired) electrons. The fourth-order valence-electron chi connectivity index (χ4n) is 2.09. The highest BCUT2D eigenvalue weighted by Gasteiger charge is 2.36. The number of ketones is 1. The van der Waals surface area contributed by atoms with Gasteiger partial charge >= 0.3 is 6.09 Å². The molecule has 2 unspecified atom stereocenters. The van der Waals surface area contributed by atoms with Gasteiger partial charge < -0.3 is 9.64 Å². The lowest BCUT2D eigenvalue weighted by Gasteiger charge is -2.24. The van der Waals surface area contributed by atoms with Crippen LogP contribution in [-0.2, 0) is 9.53 Å². The van der Waals surface area contributed by atoms with E-state index in [0.29, 0.717) is 12.3 Å². The Morgan fingerprint density at radius 1 is 1.28 bits per heavy atom. The van der Waals surface area contributed by atoms with Gasteiger partial charge in [-0.2, -0.15) is 0 Å². The molecular formula is C14H25NO3. The third-order valence-electron chi connectivity index (χ3n) is 3.20. The lowest BCUT2D eigenvalue weighted by molar-refractivity contribution is -0.120. The van der Waals surface area contributed by atoms with Crippen molar-refractivity contribution in [2.24, 2.45) is 11.8 Å². The van der Waals surface area contributed by atoms with E-state index in [1.165, 1.54) is 11.3 Å². The molecule has 1 aliphatic carbocycles. The van der Waals surface area contributed by atoms with Gasteiger partial charge in [-0.1, -0.05) is 13.3 Å². The molecule has 4 heteroatoms. The van der Waals surface area contributed by atoms with Crippen molar-refractivity contribution in [1.82, 2.24) is 4.90 Å². The normalized spacial score (nSPS) is 22.5. The molecule has 0 aromatic carbocycles. The van der Waals surface area contributed by atoms with Crippen LogP contribution in [0, 0.1) is 11.8 Å². The topological polar surface area (TPSA) is 46.6 Å². The van der Waals surface area contributed by atoms with E-state index in [9.17, 15) is 9.59 Å². The third kappa shape index (κ3) is 5.07. The number of hydrogen-bond donors (Lipinski definition) is 0. The first-order valence-electron chi connectivity index (χ1n) is 6.68. The number of hydrogen-bond acceptors (Lipinski definition) is 3. The Morgan fingerprint density at radius 2 is 1.89 bits per heavy atom. The van der Waals surface area contributed by atoms with Crippen LogP contribution in [0.3, 0.4) is 0 Å². The highest BCUT2D eigenvalue weighted by atomic mass is 16.6. The van der Waals surface area contributed by atoms with Gasteiger partial charge in [-0.25, -0.2) is 4.79 Å². The number of carbonyl (C=O) groups is 2. The minimum absolute atomic E-state index is 0.129. The highest BCUT2D eigenvalue weighted by Crippen LogP contribution is 2.43. The van der Waals surface area contributed by atoms with Crippen molar-refractivity contribution in [3.63, 3.8) is 0 Å². The molecule has 0 heterocycles. The maximum Gasteiger partial charge on any atom is 0.410 e. The molecule has 1 saturated carbocycles. The van der Waals surface area contributed by atoms with Gasteiger partial charge in [-0.05, 0) is 39.0 Å². The molecule has 4 nitrogen and oxygen atoms in total. The lowest BCUT2D eigenvalue weighted by Crippen LogP contribution is -2.37. The van der Waals surface area contributed by atoms with Crippen molar-refractivity contribution < 1.29 is 14.3 Å². The zero-order valence-electron chi connectivity index (χ0n) is 12.2. The fourth-order valence-corrected chi connectivity index (χ4v) is 2.09. The average molecular weight is 255 g/mol. The maximum atomic E-state index is 11.8. The van der Waals surface area contributed by atoms with Gasteiger partial charge in [0, 0.05) is 13.5 Å². The predicted molar refractivity (Wildman–Crippen MR) is 70.4 cm³/mol. The van der Waals surface area contributed by atoms with Gasteiger partial charge in [-0.15, -0.1) is 0 Å². The summed E-state index contributed by atoms with van der Waals surface area (Å²) in [7, 11) is 1.61. The van der Waals surface area contributed by atoms with Gasteiger partial charge in [0.15, 0.2) is 5.78 Å². The second-order valence-electron chi connectivity index (χ2n) is 6.24. The van der Waals surface area contributed by atoms with Crippen LogP contribution in [0.2, 0.25) is 0 Å². The second kappa shape index (κ2) is 5.72. The van der Waals surface area contributed by atoms with E-state index in [0.717, 1.165) is 12.3 Å². The van der Waals surface area contributed by atoms with Crippen molar-refractivity contribution >= 4 is 11.9 Å². The van der Waals surface area contributed by atoms with Crippen molar-refractivity contribution in [3.05, 3.63) is 0 Å². The summed E-state index contributed by atoms with van der Waals surface area (Å²) < 4.78 is 5.20. The summed E-state index contributed by atoms with van der Waals surface area (Å²) in [5, 5.41) is 0. The largest absolute Gasteiger partial charge is 0.444 e. The van der Waals surface area contributed by atoms with Crippen molar-refractivity contribution in [2.45, 2.75) is 52.6 Å². The molecular weight excluding hydrogens is 230 g/mol. The smallest absolute Gasteiger partial charge is 0.410 e. The molecule has 1 aliphatic rings. The Hall–Kier alpha value is -1.06. The third-order valence-corrected chi connectivity index (χ3v) is 3.20. The minimum atomic E-state index is -0.516. The van der Waals surface area contributed by atoms with Gasteiger partial charge in [0.1, 0.15) is 5.60 Å². The van der Waals surface area contributed by atoms with Gasteiger partial charge in [0.25, 0.3) is 0 Å². The van der Waals surface area contributed by atoms with Crippen molar-refractivity contribution in [2.75, 3.05) is 13.6 Å².